The van der Waals surface area contributed by atoms with Crippen LogP contribution in [-0.2, 0) is 4.79 Å². The number of nitrogens with zero attached hydrogens (tertiary/aromatic N) is 4. The third kappa shape index (κ3) is 4.75. The summed E-state index contributed by atoms with van der Waals surface area (Å²) in [5.74, 6) is 0.741. The molecule has 29 heavy (non-hydrogen) atoms. The maximum Gasteiger partial charge on any atom is 0.225 e. The summed E-state index contributed by atoms with van der Waals surface area (Å²) in [6.07, 6.45) is 3.12. The Balaban J connectivity index is 1.82. The number of hydrogen-bond donors (Lipinski definition) is 0. The lowest BCUT2D eigenvalue weighted by molar-refractivity contribution is -0.115. The van der Waals surface area contributed by atoms with Gasteiger partial charge in [-0.25, -0.2) is 9.97 Å². The third-order valence-corrected chi connectivity index (χ3v) is 5.95. The van der Waals surface area contributed by atoms with Crippen LogP contribution in [0.15, 0.2) is 22.8 Å². The molecule has 0 radical (unpaired) electrons. The van der Waals surface area contributed by atoms with Crippen molar-refractivity contribution < 1.29 is 9.59 Å². The third-order valence-electron chi connectivity index (χ3n) is 5.78. The van der Waals surface area contributed by atoms with Crippen molar-refractivity contribution in [1.82, 2.24) is 14.9 Å². The standard InChI is InChI=1S/C22H29ClN4O2/c1-13-10-14(2)17(19(29)11-13)6-7-18(28)20-16(4)21(25-22(23)24-20)27-9-8-26(5)12-15(27)3/h10,15H,6-9,11-12H2,1-5H3/t15-/m0/s1. The lowest BCUT2D eigenvalue weighted by atomic mass is 9.89. The Labute approximate surface area is 177 Å². The lowest BCUT2D eigenvalue weighted by Gasteiger charge is -2.39. The second-order valence-corrected chi connectivity index (χ2v) is 8.61. The van der Waals surface area contributed by atoms with Crippen LogP contribution in [-0.4, -0.2) is 59.2 Å². The first-order chi connectivity index (χ1) is 13.7. The molecule has 0 spiro atoms. The minimum absolute atomic E-state index is 0.0859. The van der Waals surface area contributed by atoms with Crippen molar-refractivity contribution in [2.45, 2.75) is 53.0 Å². The van der Waals surface area contributed by atoms with E-state index >= 15 is 0 Å². The van der Waals surface area contributed by atoms with E-state index in [-0.39, 0.29) is 29.3 Å². The van der Waals surface area contributed by atoms with Gasteiger partial charge in [-0.05, 0) is 63.9 Å². The summed E-state index contributed by atoms with van der Waals surface area (Å²) in [6.45, 7) is 10.6. The highest BCUT2D eigenvalue weighted by Gasteiger charge is 2.27. The van der Waals surface area contributed by atoms with Crippen molar-refractivity contribution in [3.05, 3.63) is 39.3 Å². The van der Waals surface area contributed by atoms with Crippen molar-refractivity contribution in [3.8, 4) is 0 Å². The molecule has 0 amide bonds. The number of rotatable bonds is 5. The highest BCUT2D eigenvalue weighted by atomic mass is 35.5. The molecule has 2 aliphatic rings. The number of halogens is 1. The zero-order valence-corrected chi connectivity index (χ0v) is 18.6. The Bertz CT molecular complexity index is 906. The fraction of sp³-hybridized carbons (Fsp3) is 0.545. The van der Waals surface area contributed by atoms with Crippen LogP contribution in [0.1, 0.15) is 56.1 Å². The van der Waals surface area contributed by atoms with E-state index in [2.05, 4.69) is 33.7 Å². The van der Waals surface area contributed by atoms with Crippen LogP contribution in [0.25, 0.3) is 0 Å². The predicted molar refractivity (Wildman–Crippen MR) is 116 cm³/mol. The fourth-order valence-electron chi connectivity index (χ4n) is 4.26. The molecule has 1 aliphatic heterocycles. The van der Waals surface area contributed by atoms with Gasteiger partial charge in [0.2, 0.25) is 5.28 Å². The van der Waals surface area contributed by atoms with Crippen molar-refractivity contribution in [2.24, 2.45) is 0 Å². The molecule has 3 rings (SSSR count). The molecule has 1 aromatic heterocycles. The molecule has 1 aromatic rings. The first-order valence-corrected chi connectivity index (χ1v) is 10.5. The number of ketones is 2. The molecule has 1 aliphatic carbocycles. The molecular weight excluding hydrogens is 388 g/mol. The predicted octanol–water partition coefficient (Wildman–Crippen LogP) is 3.78. The monoisotopic (exact) mass is 416 g/mol. The number of carbonyl (C=O) groups is 2. The van der Waals surface area contributed by atoms with Gasteiger partial charge in [0.15, 0.2) is 11.6 Å². The average Bonchev–Trinajstić information content (AvgIpc) is 2.62. The topological polar surface area (TPSA) is 66.4 Å². The number of aromatic nitrogens is 2. The highest BCUT2D eigenvalue weighted by molar-refractivity contribution is 6.28. The number of allylic oxidation sites excluding steroid dienone is 4. The zero-order valence-electron chi connectivity index (χ0n) is 17.9. The van der Waals surface area contributed by atoms with Crippen LogP contribution in [0.3, 0.4) is 0 Å². The summed E-state index contributed by atoms with van der Waals surface area (Å²) in [6, 6.07) is 0.268. The normalized spacial score (nSPS) is 20.9. The highest BCUT2D eigenvalue weighted by Crippen LogP contribution is 2.28. The van der Waals surface area contributed by atoms with Gasteiger partial charge in [-0.3, -0.25) is 9.59 Å². The van der Waals surface area contributed by atoms with Crippen LogP contribution >= 0.6 is 11.6 Å². The fourth-order valence-corrected chi connectivity index (χ4v) is 4.43. The summed E-state index contributed by atoms with van der Waals surface area (Å²) in [5.41, 5.74) is 3.88. The van der Waals surface area contributed by atoms with Gasteiger partial charge < -0.3 is 9.80 Å². The lowest BCUT2D eigenvalue weighted by Crippen LogP contribution is -2.51. The second kappa shape index (κ2) is 8.76. The Hall–Kier alpha value is -2.05. The van der Waals surface area contributed by atoms with E-state index in [4.69, 9.17) is 11.6 Å². The van der Waals surface area contributed by atoms with E-state index in [1.54, 1.807) is 0 Å². The van der Waals surface area contributed by atoms with Crippen LogP contribution in [0, 0.1) is 6.92 Å². The number of Topliss-reactive ketones (excluding diaryl/α,β-unsaturated/α-hetero) is 2. The molecule has 1 atom stereocenters. The molecule has 0 N–H and O–H groups in total. The van der Waals surface area contributed by atoms with Gasteiger partial charge in [0.05, 0.1) is 0 Å². The molecular formula is C22H29ClN4O2. The minimum atomic E-state index is -0.103. The molecule has 1 fully saturated rings. The summed E-state index contributed by atoms with van der Waals surface area (Å²) < 4.78 is 0. The van der Waals surface area contributed by atoms with Gasteiger partial charge in [-0.1, -0.05) is 11.6 Å². The number of piperazine rings is 1. The number of hydrogen-bond acceptors (Lipinski definition) is 6. The van der Waals surface area contributed by atoms with Gasteiger partial charge in [0.25, 0.3) is 0 Å². The van der Waals surface area contributed by atoms with Gasteiger partial charge in [0, 0.05) is 44.1 Å². The Morgan fingerprint density at radius 2 is 1.97 bits per heavy atom. The molecule has 0 saturated carbocycles. The SMILES string of the molecule is CC1=CC(C)=C(CCC(=O)c2nc(Cl)nc(N3CCN(C)C[C@@H]3C)c2C)C(=O)C1. The number of anilines is 1. The van der Waals surface area contributed by atoms with E-state index < -0.39 is 0 Å². The van der Waals surface area contributed by atoms with Crippen molar-refractivity contribution in [3.63, 3.8) is 0 Å². The number of carbonyl (C=O) groups excluding carboxylic acids is 2. The molecule has 0 bridgehead atoms. The van der Waals surface area contributed by atoms with Gasteiger partial charge in [-0.2, -0.15) is 0 Å². The van der Waals surface area contributed by atoms with E-state index in [0.717, 1.165) is 47.7 Å². The molecule has 7 heteroatoms. The molecule has 0 aromatic carbocycles. The van der Waals surface area contributed by atoms with E-state index in [0.29, 0.717) is 18.5 Å². The smallest absolute Gasteiger partial charge is 0.225 e. The van der Waals surface area contributed by atoms with Crippen LogP contribution in [0.4, 0.5) is 5.82 Å². The minimum Gasteiger partial charge on any atom is -0.351 e. The van der Waals surface area contributed by atoms with Crippen molar-refractivity contribution in [1.29, 1.82) is 0 Å². The van der Waals surface area contributed by atoms with Gasteiger partial charge in [0.1, 0.15) is 11.5 Å². The first-order valence-electron chi connectivity index (χ1n) is 10.1. The summed E-state index contributed by atoms with van der Waals surface area (Å²) >= 11 is 6.19. The molecule has 1 saturated heterocycles. The van der Waals surface area contributed by atoms with Crippen LogP contribution < -0.4 is 4.90 Å². The quantitative estimate of drug-likeness (QED) is 0.537. The van der Waals surface area contributed by atoms with E-state index in [1.165, 1.54) is 0 Å². The summed E-state index contributed by atoms with van der Waals surface area (Å²) in [4.78, 5) is 38.5. The maximum atomic E-state index is 13.0. The maximum absolute atomic E-state index is 13.0. The molecule has 6 nitrogen and oxygen atoms in total. The summed E-state index contributed by atoms with van der Waals surface area (Å²) in [5, 5.41) is 0.0859. The van der Waals surface area contributed by atoms with Gasteiger partial charge in [-0.15, -0.1) is 0 Å². The summed E-state index contributed by atoms with van der Waals surface area (Å²) in [7, 11) is 2.10. The molecule has 156 valence electrons. The molecule has 0 unspecified atom stereocenters. The number of likely N-dealkylation sites (N-methyl/N-ethyl adjacent to an activating group) is 1. The van der Waals surface area contributed by atoms with Crippen molar-refractivity contribution >= 4 is 29.0 Å². The van der Waals surface area contributed by atoms with Gasteiger partial charge >= 0.3 is 0 Å². The largest absolute Gasteiger partial charge is 0.351 e. The van der Waals surface area contributed by atoms with Crippen LogP contribution in [0.2, 0.25) is 5.28 Å². The Kier molecular flexibility index (Phi) is 6.54. The van der Waals surface area contributed by atoms with Crippen LogP contribution in [0.5, 0.6) is 0 Å². The molecule has 2 heterocycles. The Morgan fingerprint density at radius 1 is 1.24 bits per heavy atom. The van der Waals surface area contributed by atoms with Crippen molar-refractivity contribution in [2.75, 3.05) is 31.6 Å². The Morgan fingerprint density at radius 3 is 2.62 bits per heavy atom. The average molecular weight is 417 g/mol. The van der Waals surface area contributed by atoms with E-state index in [1.807, 2.05) is 26.8 Å². The first kappa shape index (κ1) is 21.7. The zero-order chi connectivity index (χ0) is 21.3. The van der Waals surface area contributed by atoms with E-state index in [9.17, 15) is 9.59 Å². The second-order valence-electron chi connectivity index (χ2n) is 8.27.